The number of benzene rings is 1. The van der Waals surface area contributed by atoms with E-state index in [1.807, 2.05) is 14.1 Å². The fraction of sp³-hybridized carbons (Fsp3) is 0.737. The van der Waals surface area contributed by atoms with Gasteiger partial charge in [0.25, 0.3) is 0 Å². The maximum absolute atomic E-state index is 12.9. The van der Waals surface area contributed by atoms with Crippen LogP contribution in [0.4, 0.5) is 0 Å². The van der Waals surface area contributed by atoms with Gasteiger partial charge in [0.2, 0.25) is 11.8 Å². The zero-order chi connectivity index (χ0) is 63.3. The van der Waals surface area contributed by atoms with E-state index in [1.165, 1.54) is 50.5 Å². The smallest absolute Gasteiger partial charge is 0 e. The molecule has 6 radical (unpaired) electrons. The zero-order valence-electron chi connectivity index (χ0n) is 62.3. The van der Waals surface area contributed by atoms with Crippen LogP contribution in [0.15, 0.2) is 30.3 Å². The normalized spacial score (nSPS) is 24.6. The van der Waals surface area contributed by atoms with Crippen LogP contribution in [0.5, 0.6) is 0 Å². The van der Waals surface area contributed by atoms with Gasteiger partial charge in [0.1, 0.15) is 11.6 Å². The standard InChI is InChI=1S/C38H60N2O2.C34H60BN2O2.C2H5.2CH3.2Mn.S2.H2S.2Sn.3W.Zn.5H/c1-6-10-34-25-28(2)36(34)18-16-32(21-23-39-5)22-24-40-38(42)20-17-31(14-13-30(4)41)15-19-37-29(3)26-35(37)27-33-11-8-7-9-12-33;1-8-10-30-24(4)25(5)31(30)16-13-27(12-11-23(3)38)15-18-33(39)37-22-20-28(19-21-36-7)14-17-32-29(9-2)26(6)34(32)35;1-2;;;;;1-2;;;;;;;;;;;;/h7-9,11-12,25-26,28-29,31-32,34-37,39H,1,3,6,10,13-24,27H2,2,4-5H3,(H,40,42);24-32,34,36H,2,4,6,8-22H2,1,3,5,7H3,(H,37,39);1H2,2H3;2*1H3;;;;1H2;;;;;;;;;;;/q-4;-3;3*-1;;+2;;;;-1;;3*+2;;;;;. The Balaban J connectivity index is -0.000000165. The Morgan fingerprint density at radius 3 is 1.39 bits per heavy atom. The van der Waals surface area contributed by atoms with Crippen molar-refractivity contribution in [3.8, 4) is 0 Å². The van der Waals surface area contributed by atoms with E-state index in [-0.39, 0.29) is 222 Å². The molecule has 18 unspecified atom stereocenters. The second-order valence-electron chi connectivity index (χ2n) is 26.8. The van der Waals surface area contributed by atoms with Crippen molar-refractivity contribution in [1.29, 1.82) is 0 Å². The first kappa shape index (κ1) is 121. The molecular weight excluding hydrogens is 2100 g/mol. The fourth-order valence-corrected chi connectivity index (χ4v) is 15.3. The Bertz CT molecular complexity index is 1970. The Morgan fingerprint density at radius 2 is 0.990 bits per heavy atom. The zero-order valence-corrected chi connectivity index (χ0v) is 88.8. The van der Waals surface area contributed by atoms with E-state index >= 15 is 0 Å². The number of amides is 2. The molecule has 5 rings (SSSR count). The van der Waals surface area contributed by atoms with Crippen LogP contribution in [0.1, 0.15) is 208 Å². The molecule has 4 saturated carbocycles. The molecule has 0 aromatic heterocycles. The fourth-order valence-electron chi connectivity index (χ4n) is 15.3. The van der Waals surface area contributed by atoms with Gasteiger partial charge in [0, 0.05) is 99.3 Å². The first-order valence-electron chi connectivity index (χ1n) is 34.2. The molecule has 0 spiro atoms. The van der Waals surface area contributed by atoms with Gasteiger partial charge in [-0.1, -0.05) is 156 Å². The molecule has 4 N–H and O–H groups in total. The van der Waals surface area contributed by atoms with Gasteiger partial charge in [-0.05, 0) is 128 Å². The van der Waals surface area contributed by atoms with Gasteiger partial charge in [-0.15, -0.1) is 12.3 Å². The van der Waals surface area contributed by atoms with Gasteiger partial charge < -0.3 is 106 Å². The van der Waals surface area contributed by atoms with E-state index in [4.69, 9.17) is 7.85 Å². The van der Waals surface area contributed by atoms with E-state index in [0.29, 0.717) is 96.7 Å². The van der Waals surface area contributed by atoms with E-state index in [1.54, 1.807) is 20.8 Å². The molecule has 0 aliphatic heterocycles. The van der Waals surface area contributed by atoms with Gasteiger partial charge in [-0.25, -0.2) is 0 Å². The molecule has 552 valence electrons. The topological polar surface area (TPSA) is 116 Å². The molecule has 2 amide bonds. The predicted octanol–water partition coefficient (Wildman–Crippen LogP) is 14.7. The van der Waals surface area contributed by atoms with Crippen molar-refractivity contribution in [2.75, 3.05) is 40.3 Å². The first-order valence-corrected chi connectivity index (χ1v) is 35.5. The van der Waals surface area contributed by atoms with Crippen LogP contribution in [0.25, 0.3) is 0 Å². The molecule has 20 heteroatoms. The molecule has 1 aromatic rings. The molecule has 0 bridgehead atoms. The Kier molecular flexibility index (Phi) is 91.4. The summed E-state index contributed by atoms with van der Waals surface area (Å²) in [4.78, 5) is 49.1. The van der Waals surface area contributed by atoms with Crippen LogP contribution in [0, 0.1) is 170 Å². The molecule has 0 heterocycles. The second kappa shape index (κ2) is 72.8. The quantitative estimate of drug-likeness (QED) is 0.0377. The van der Waals surface area contributed by atoms with Gasteiger partial charge in [-0.2, -0.15) is 62.9 Å². The average molecular weight is 2240 g/mol. The number of Topliss-reactive ketones (excluding diaryl/α,β-unsaturated/α-hetero) is 2. The summed E-state index contributed by atoms with van der Waals surface area (Å²) in [7, 11) is 10.4. The van der Waals surface area contributed by atoms with E-state index in [9.17, 15) is 19.2 Å². The largest absolute Gasteiger partial charge is 2.00 e. The van der Waals surface area contributed by atoms with Crippen molar-refractivity contribution < 1.29 is 136 Å². The van der Waals surface area contributed by atoms with Crippen LogP contribution in [0.2, 0.25) is 5.82 Å². The minimum Gasteiger partial charge on any atom is 0 e. The third-order valence-corrected chi connectivity index (χ3v) is 21.1. The summed E-state index contributed by atoms with van der Waals surface area (Å²) in [5.74, 6) is 11.3. The summed E-state index contributed by atoms with van der Waals surface area (Å²) in [6.07, 6.45) is 31.3. The van der Waals surface area contributed by atoms with Crippen molar-refractivity contribution in [3.63, 3.8) is 0 Å². The molecule has 4 fully saturated rings. The maximum Gasteiger partial charge on any atom is 2.00 e. The SMILES string of the molecule is S.S=S.[B]C1C([CH2-])C(C[CH2-])C1CCC(CCNC)CCNC(=O)CCC(CCC(C)=O)CCC1C(C)C([CH2-])C1CCC.[CH2-]C.[CH2-]CCC1[CH-]C(C)C1CCC(CCNC)CCNC(=O)CCC(CCC(C)=O)CCC1C([CH2-])[CH-]C1Cc1ccccc1.[CH3-].[CH3-].[Mn+2].[Mn].[SnH2].[SnH3-].[W+2].[W+2].[W].[Zn+2]. The van der Waals surface area contributed by atoms with Gasteiger partial charge in [0.15, 0.2) is 0 Å². The predicted molar refractivity (Wildman–Crippen MR) is 409 cm³/mol. The summed E-state index contributed by atoms with van der Waals surface area (Å²) in [5.41, 5.74) is 1.39. The number of ketones is 2. The summed E-state index contributed by atoms with van der Waals surface area (Å²) in [6, 6.07) is 10.7. The molecule has 8 nitrogen and oxygen atoms in total. The number of carbonyl (C=O) groups excluding carboxylic acids is 4. The molecule has 4 aliphatic rings. The molecular formula is C76H138BMn2N4O4S3Sn2W3Zn-3. The monoisotopic (exact) mass is 2240 g/mol. The van der Waals surface area contributed by atoms with Gasteiger partial charge >= 0.3 is 126 Å². The van der Waals surface area contributed by atoms with Gasteiger partial charge in [-0.3, -0.25) is 9.59 Å². The molecule has 1 aromatic carbocycles. The number of hydrogen-bond acceptors (Lipinski definition) is 8. The second-order valence-corrected chi connectivity index (χ2v) is 26.8. The van der Waals surface area contributed by atoms with Crippen LogP contribution < -0.4 is 21.3 Å². The minimum absolute atomic E-state index is 0. The van der Waals surface area contributed by atoms with E-state index in [0.717, 1.165) is 152 Å². The summed E-state index contributed by atoms with van der Waals surface area (Å²) in [6.45, 7) is 40.1. The van der Waals surface area contributed by atoms with Crippen molar-refractivity contribution >= 4 is 115 Å². The third kappa shape index (κ3) is 46.7. The van der Waals surface area contributed by atoms with Crippen LogP contribution in [-0.2, 0) is 165 Å². The van der Waals surface area contributed by atoms with Crippen molar-refractivity contribution in [1.82, 2.24) is 21.3 Å². The van der Waals surface area contributed by atoms with Crippen molar-refractivity contribution in [2.45, 2.75) is 214 Å². The molecule has 18 atom stereocenters. The third-order valence-electron chi connectivity index (χ3n) is 21.1. The Hall–Kier alpha value is 3.60. The molecule has 0 saturated heterocycles. The average Bonchev–Trinajstić information content (AvgIpc) is 0.809. The molecule has 96 heavy (non-hydrogen) atoms. The molecule has 4 aliphatic carbocycles. The van der Waals surface area contributed by atoms with Crippen LogP contribution >= 0.6 is 13.5 Å². The van der Waals surface area contributed by atoms with E-state index in [2.05, 4.69) is 149 Å². The van der Waals surface area contributed by atoms with Crippen LogP contribution in [0.3, 0.4) is 0 Å². The number of carbonyl (C=O) groups is 4. The summed E-state index contributed by atoms with van der Waals surface area (Å²) >= 11 is 7.33. The summed E-state index contributed by atoms with van der Waals surface area (Å²) in [5, 5.41) is 13.0. The minimum atomic E-state index is 0. The van der Waals surface area contributed by atoms with Crippen LogP contribution in [-0.4, -0.2) is 119 Å². The number of rotatable bonds is 43. The van der Waals surface area contributed by atoms with Gasteiger partial charge in [0.05, 0.1) is 7.85 Å². The number of hydrogen-bond donors (Lipinski definition) is 4. The van der Waals surface area contributed by atoms with E-state index < -0.39 is 0 Å². The van der Waals surface area contributed by atoms with Crippen molar-refractivity contribution in [3.05, 3.63) is 105 Å². The Labute approximate surface area is 723 Å². The maximum atomic E-state index is 12.9. The number of nitrogens with one attached hydrogen (secondary N) is 4. The Morgan fingerprint density at radius 1 is 0.583 bits per heavy atom. The summed E-state index contributed by atoms with van der Waals surface area (Å²) < 4.78 is 0. The first-order chi connectivity index (χ1) is 40.9. The van der Waals surface area contributed by atoms with Crippen molar-refractivity contribution in [2.24, 2.45) is 101 Å².